The van der Waals surface area contributed by atoms with Crippen molar-refractivity contribution in [2.45, 2.75) is 0 Å². The molecule has 0 bridgehead atoms. The molecule has 0 amide bonds. The molecular weight excluding hydrogens is 423 g/mol. The Labute approximate surface area is 87.6 Å². The summed E-state index contributed by atoms with van der Waals surface area (Å²) in [4.78, 5) is 0. The van der Waals surface area contributed by atoms with E-state index < -0.39 is 22.1 Å². The van der Waals surface area contributed by atoms with Gasteiger partial charge in [-0.3, -0.25) is 0 Å². The predicted octanol–water partition coefficient (Wildman–Crippen LogP) is 3.01. The first-order valence-corrected chi connectivity index (χ1v) is 18.2. The second-order valence-electron chi connectivity index (χ2n) is 1.88. The van der Waals surface area contributed by atoms with E-state index in [1.807, 2.05) is 18.2 Å². The summed E-state index contributed by atoms with van der Waals surface area (Å²) in [5.41, 5.74) is 0. The molecule has 0 saturated carbocycles. The van der Waals surface area contributed by atoms with Crippen molar-refractivity contribution in [1.82, 2.24) is 0 Å². The summed E-state index contributed by atoms with van der Waals surface area (Å²) < 4.78 is 1.36. The van der Waals surface area contributed by atoms with E-state index in [9.17, 15) is 0 Å². The van der Waals surface area contributed by atoms with Gasteiger partial charge in [0, 0.05) is 0 Å². The van der Waals surface area contributed by atoms with E-state index in [0.29, 0.717) is 10.0 Å². The average Bonchev–Trinajstić information content (AvgIpc) is 1.95. The van der Waals surface area contributed by atoms with Crippen molar-refractivity contribution in [2.75, 3.05) is 0 Å². The Morgan fingerprint density at radius 2 is 1.90 bits per heavy atom. The molecule has 0 aliphatic rings. The fraction of sp³-hybridized carbons (Fsp3) is 0. The van der Waals surface area contributed by atoms with Crippen LogP contribution in [0.5, 0.6) is 0 Å². The zero-order chi connectivity index (χ0) is 7.56. The van der Waals surface area contributed by atoms with Gasteiger partial charge in [0.1, 0.15) is 0 Å². The first-order chi connectivity index (χ1) is 4.74. The standard InChI is InChI=1S/C6H3Cl2.BrH.Hg/c7-5-3-1-2-4-6(5)8;;/h1,3-4H;1H;/q;;+1/p-1. The minimum absolute atomic E-state index is 0.639. The van der Waals surface area contributed by atoms with Gasteiger partial charge in [-0.1, -0.05) is 0 Å². The number of benzene rings is 1. The molecule has 1 aromatic rings. The Morgan fingerprint density at radius 1 is 1.20 bits per heavy atom. The zero-order valence-corrected chi connectivity index (χ0v) is 13.7. The topological polar surface area (TPSA) is 0 Å². The molecule has 0 aliphatic heterocycles. The van der Waals surface area contributed by atoms with E-state index in [4.69, 9.17) is 23.2 Å². The van der Waals surface area contributed by atoms with Crippen LogP contribution in [0.2, 0.25) is 10.0 Å². The van der Waals surface area contributed by atoms with Crippen LogP contribution in [0.4, 0.5) is 0 Å². The molecule has 0 atom stereocenters. The van der Waals surface area contributed by atoms with Gasteiger partial charge < -0.3 is 0 Å². The summed E-state index contributed by atoms with van der Waals surface area (Å²) in [5, 5.41) is 1.30. The number of halogens is 3. The van der Waals surface area contributed by atoms with E-state index in [-0.39, 0.29) is 0 Å². The normalized spacial score (nSPS) is 9.10. The van der Waals surface area contributed by atoms with Crippen LogP contribution in [0, 0.1) is 0 Å². The Morgan fingerprint density at radius 3 is 2.40 bits per heavy atom. The maximum absolute atomic E-state index is 5.78. The van der Waals surface area contributed by atoms with Gasteiger partial charge >= 0.3 is 88.6 Å². The van der Waals surface area contributed by atoms with Crippen LogP contribution >= 0.6 is 35.1 Å². The van der Waals surface area contributed by atoms with Crippen molar-refractivity contribution in [3.63, 3.8) is 0 Å². The van der Waals surface area contributed by atoms with Gasteiger partial charge in [0.25, 0.3) is 0 Å². The zero-order valence-electron chi connectivity index (χ0n) is 5.07. The van der Waals surface area contributed by atoms with Crippen LogP contribution in [0.15, 0.2) is 18.2 Å². The third-order valence-corrected chi connectivity index (χ3v) is 10.5. The molecule has 0 N–H and O–H groups in total. The van der Waals surface area contributed by atoms with Gasteiger partial charge in [0.15, 0.2) is 0 Å². The van der Waals surface area contributed by atoms with Crippen LogP contribution in [0.25, 0.3) is 0 Å². The molecule has 0 aromatic heterocycles. The van der Waals surface area contributed by atoms with Crippen LogP contribution in [0.3, 0.4) is 0 Å². The Hall–Kier alpha value is 1.22. The Bertz CT molecular complexity index is 239. The molecule has 0 nitrogen and oxygen atoms in total. The van der Waals surface area contributed by atoms with E-state index in [0.717, 1.165) is 0 Å². The van der Waals surface area contributed by atoms with Crippen LogP contribution in [0.1, 0.15) is 0 Å². The molecule has 0 fully saturated rings. The summed E-state index contributed by atoms with van der Waals surface area (Å²) >= 11 is 14.1. The molecule has 0 heterocycles. The molecule has 0 spiro atoms. The van der Waals surface area contributed by atoms with Crippen molar-refractivity contribution < 1.29 is 22.1 Å². The first kappa shape index (κ1) is 9.30. The third-order valence-electron chi connectivity index (χ3n) is 1.14. The van der Waals surface area contributed by atoms with Crippen LogP contribution in [-0.4, -0.2) is 0 Å². The van der Waals surface area contributed by atoms with Gasteiger partial charge in [0.05, 0.1) is 0 Å². The summed E-state index contributed by atoms with van der Waals surface area (Å²) in [7, 11) is 0. The molecule has 0 radical (unpaired) electrons. The summed E-state index contributed by atoms with van der Waals surface area (Å²) in [6, 6.07) is 5.82. The summed E-state index contributed by atoms with van der Waals surface area (Å²) in [6.07, 6.45) is 0. The predicted molar refractivity (Wildman–Crippen MR) is 45.0 cm³/mol. The van der Waals surface area contributed by atoms with Crippen molar-refractivity contribution in [1.29, 1.82) is 0 Å². The molecule has 1 rings (SSSR count). The van der Waals surface area contributed by atoms with Crippen molar-refractivity contribution >= 4 is 38.2 Å². The second kappa shape index (κ2) is 4.29. The monoisotopic (exact) mass is 426 g/mol. The van der Waals surface area contributed by atoms with Gasteiger partial charge in [-0.15, -0.1) is 0 Å². The van der Waals surface area contributed by atoms with Crippen molar-refractivity contribution in [3.8, 4) is 0 Å². The third kappa shape index (κ3) is 2.37. The molecule has 0 aliphatic carbocycles. The number of hydrogen-bond donors (Lipinski definition) is 0. The van der Waals surface area contributed by atoms with Crippen LogP contribution < -0.4 is 3.07 Å². The number of hydrogen-bond acceptors (Lipinski definition) is 0. The number of rotatable bonds is 1. The molecular formula is C6H3BrCl2Hg. The molecule has 1 aromatic carbocycles. The molecule has 0 saturated heterocycles. The second-order valence-corrected chi connectivity index (χ2v) is 11.8. The molecule has 0 unspecified atom stereocenters. The van der Waals surface area contributed by atoms with E-state index in [1.165, 1.54) is 3.07 Å². The van der Waals surface area contributed by atoms with Crippen molar-refractivity contribution in [3.05, 3.63) is 28.2 Å². The molecule has 4 heteroatoms. The minimum atomic E-state index is -0.928. The fourth-order valence-corrected chi connectivity index (χ4v) is 6.40. The van der Waals surface area contributed by atoms with E-state index in [1.54, 1.807) is 0 Å². The quantitative estimate of drug-likeness (QED) is 0.606. The molecule has 50 valence electrons. The van der Waals surface area contributed by atoms with Gasteiger partial charge in [0.2, 0.25) is 0 Å². The Balaban J connectivity index is 3.04. The molecule has 10 heavy (non-hydrogen) atoms. The summed E-state index contributed by atoms with van der Waals surface area (Å²) in [6.45, 7) is 0. The van der Waals surface area contributed by atoms with Gasteiger partial charge in [-0.05, 0) is 0 Å². The Kier molecular flexibility index (Phi) is 3.99. The van der Waals surface area contributed by atoms with Gasteiger partial charge in [-0.25, -0.2) is 0 Å². The van der Waals surface area contributed by atoms with E-state index in [2.05, 4.69) is 11.9 Å². The SMILES string of the molecule is Clc1cc[c]([Hg][Br])cc1Cl. The maximum atomic E-state index is 5.78. The van der Waals surface area contributed by atoms with Crippen LogP contribution in [-0.2, 0) is 22.1 Å². The average molecular weight is 426 g/mol. The first-order valence-electron chi connectivity index (χ1n) is 2.74. The van der Waals surface area contributed by atoms with Gasteiger partial charge in [-0.2, -0.15) is 0 Å². The summed E-state index contributed by atoms with van der Waals surface area (Å²) in [5.74, 6) is 0. The van der Waals surface area contributed by atoms with Crippen molar-refractivity contribution in [2.24, 2.45) is 0 Å². The fourth-order valence-electron chi connectivity index (χ4n) is 0.623. The van der Waals surface area contributed by atoms with E-state index >= 15 is 0 Å².